The standard InChI is InChI=1S/C16H13ClN4O2/c17-13-6-2-1-5-12(13)15-20-14(23-21-15)7-9-19-16(22)11-4-3-8-18-10-11/h1-6,8,10H,7,9H2,(H,19,22). The first kappa shape index (κ1) is 15.2. The van der Waals surface area contributed by atoms with E-state index in [4.69, 9.17) is 16.1 Å². The maximum Gasteiger partial charge on any atom is 0.252 e. The third-order valence-corrected chi connectivity index (χ3v) is 3.46. The Morgan fingerprint density at radius 2 is 2.09 bits per heavy atom. The van der Waals surface area contributed by atoms with Gasteiger partial charge in [-0.1, -0.05) is 28.9 Å². The fraction of sp³-hybridized carbons (Fsp3) is 0.125. The summed E-state index contributed by atoms with van der Waals surface area (Å²) >= 11 is 6.10. The van der Waals surface area contributed by atoms with Crippen LogP contribution in [0.5, 0.6) is 0 Å². The van der Waals surface area contributed by atoms with Crippen LogP contribution in [-0.4, -0.2) is 27.6 Å². The largest absolute Gasteiger partial charge is 0.351 e. The van der Waals surface area contributed by atoms with Crippen LogP contribution in [0, 0.1) is 0 Å². The predicted molar refractivity (Wildman–Crippen MR) is 85.0 cm³/mol. The van der Waals surface area contributed by atoms with Gasteiger partial charge in [0.15, 0.2) is 0 Å². The highest BCUT2D eigenvalue weighted by Gasteiger charge is 2.12. The van der Waals surface area contributed by atoms with Gasteiger partial charge in [0.1, 0.15) is 0 Å². The van der Waals surface area contributed by atoms with E-state index < -0.39 is 0 Å². The number of pyridine rings is 1. The van der Waals surface area contributed by atoms with E-state index in [0.717, 1.165) is 0 Å². The number of amides is 1. The maximum atomic E-state index is 11.9. The van der Waals surface area contributed by atoms with E-state index in [2.05, 4.69) is 20.4 Å². The van der Waals surface area contributed by atoms with Gasteiger partial charge in [-0.2, -0.15) is 4.98 Å². The van der Waals surface area contributed by atoms with E-state index in [-0.39, 0.29) is 5.91 Å². The van der Waals surface area contributed by atoms with E-state index in [1.165, 1.54) is 6.20 Å². The number of carbonyl (C=O) groups is 1. The van der Waals surface area contributed by atoms with Crippen LogP contribution in [0.4, 0.5) is 0 Å². The highest BCUT2D eigenvalue weighted by Crippen LogP contribution is 2.24. The van der Waals surface area contributed by atoms with Gasteiger partial charge in [0.05, 0.1) is 10.6 Å². The van der Waals surface area contributed by atoms with Crippen LogP contribution >= 0.6 is 11.6 Å². The zero-order chi connectivity index (χ0) is 16.1. The van der Waals surface area contributed by atoms with Gasteiger partial charge in [0.25, 0.3) is 5.91 Å². The molecule has 3 rings (SSSR count). The summed E-state index contributed by atoms with van der Waals surface area (Å²) in [7, 11) is 0. The highest BCUT2D eigenvalue weighted by molar-refractivity contribution is 6.33. The Labute approximate surface area is 137 Å². The van der Waals surface area contributed by atoms with Crippen LogP contribution in [-0.2, 0) is 6.42 Å². The molecule has 0 unspecified atom stereocenters. The molecule has 7 heteroatoms. The molecule has 1 aromatic carbocycles. The molecule has 0 bridgehead atoms. The third-order valence-electron chi connectivity index (χ3n) is 3.13. The Balaban J connectivity index is 1.58. The van der Waals surface area contributed by atoms with Crippen molar-refractivity contribution in [2.75, 3.05) is 6.54 Å². The second kappa shape index (κ2) is 7.02. The summed E-state index contributed by atoms with van der Waals surface area (Å²) in [6.07, 6.45) is 3.56. The summed E-state index contributed by atoms with van der Waals surface area (Å²) in [5.74, 6) is 0.680. The van der Waals surface area contributed by atoms with Crippen molar-refractivity contribution in [2.24, 2.45) is 0 Å². The summed E-state index contributed by atoms with van der Waals surface area (Å²) in [5.41, 5.74) is 1.22. The fourth-order valence-electron chi connectivity index (χ4n) is 1.99. The van der Waals surface area contributed by atoms with E-state index in [9.17, 15) is 4.79 Å². The van der Waals surface area contributed by atoms with Crippen molar-refractivity contribution in [1.29, 1.82) is 0 Å². The summed E-state index contributed by atoms with van der Waals surface area (Å²) in [6, 6.07) is 10.7. The number of halogens is 1. The van der Waals surface area contributed by atoms with Crippen LogP contribution in [0.3, 0.4) is 0 Å². The second-order valence-electron chi connectivity index (χ2n) is 4.74. The summed E-state index contributed by atoms with van der Waals surface area (Å²) in [6.45, 7) is 0.387. The van der Waals surface area contributed by atoms with Gasteiger partial charge in [-0.15, -0.1) is 0 Å². The molecule has 3 aromatic rings. The quantitative estimate of drug-likeness (QED) is 0.779. The minimum atomic E-state index is -0.191. The van der Waals surface area contributed by atoms with Gasteiger partial charge in [-0.25, -0.2) is 0 Å². The number of aromatic nitrogens is 3. The lowest BCUT2D eigenvalue weighted by atomic mass is 10.2. The molecule has 23 heavy (non-hydrogen) atoms. The van der Waals surface area contributed by atoms with Crippen LogP contribution < -0.4 is 5.32 Å². The molecule has 116 valence electrons. The van der Waals surface area contributed by atoms with Crippen LogP contribution in [0.1, 0.15) is 16.2 Å². The van der Waals surface area contributed by atoms with Gasteiger partial charge in [0, 0.05) is 30.9 Å². The van der Waals surface area contributed by atoms with E-state index in [1.807, 2.05) is 18.2 Å². The average molecular weight is 329 g/mol. The summed E-state index contributed by atoms with van der Waals surface area (Å²) in [4.78, 5) is 20.1. The van der Waals surface area contributed by atoms with E-state index >= 15 is 0 Å². The Kier molecular flexibility index (Phi) is 4.63. The van der Waals surface area contributed by atoms with Crippen molar-refractivity contribution < 1.29 is 9.32 Å². The van der Waals surface area contributed by atoms with Crippen molar-refractivity contribution in [3.8, 4) is 11.4 Å². The van der Waals surface area contributed by atoms with Gasteiger partial charge in [-0.05, 0) is 24.3 Å². The topological polar surface area (TPSA) is 80.9 Å². The Morgan fingerprint density at radius 3 is 2.87 bits per heavy atom. The van der Waals surface area contributed by atoms with Crippen molar-refractivity contribution in [2.45, 2.75) is 6.42 Å². The van der Waals surface area contributed by atoms with Crippen LogP contribution in [0.25, 0.3) is 11.4 Å². The molecular weight excluding hydrogens is 316 g/mol. The van der Waals surface area contributed by atoms with Gasteiger partial charge in [0.2, 0.25) is 11.7 Å². The molecule has 0 saturated heterocycles. The predicted octanol–water partition coefficient (Wildman–Crippen LogP) is 2.76. The minimum Gasteiger partial charge on any atom is -0.351 e. The van der Waals surface area contributed by atoms with Gasteiger partial charge >= 0.3 is 0 Å². The van der Waals surface area contributed by atoms with Crippen molar-refractivity contribution in [3.63, 3.8) is 0 Å². The van der Waals surface area contributed by atoms with Gasteiger partial charge in [-0.3, -0.25) is 9.78 Å². The Bertz CT molecular complexity index is 805. The molecule has 0 radical (unpaired) electrons. The number of nitrogens with zero attached hydrogens (tertiary/aromatic N) is 3. The van der Waals surface area contributed by atoms with Crippen LogP contribution in [0.2, 0.25) is 5.02 Å². The number of carbonyl (C=O) groups excluding carboxylic acids is 1. The number of hydrogen-bond acceptors (Lipinski definition) is 5. The zero-order valence-corrected chi connectivity index (χ0v) is 12.8. The molecule has 2 aromatic heterocycles. The smallest absolute Gasteiger partial charge is 0.252 e. The second-order valence-corrected chi connectivity index (χ2v) is 5.15. The molecule has 2 heterocycles. The SMILES string of the molecule is O=C(NCCc1nc(-c2ccccc2Cl)no1)c1cccnc1. The van der Waals surface area contributed by atoms with Crippen molar-refractivity contribution in [3.05, 3.63) is 65.3 Å². The molecule has 0 atom stereocenters. The Morgan fingerprint density at radius 1 is 1.22 bits per heavy atom. The monoisotopic (exact) mass is 328 g/mol. The average Bonchev–Trinajstić information content (AvgIpc) is 3.04. The third kappa shape index (κ3) is 3.73. The molecule has 0 aliphatic heterocycles. The van der Waals surface area contributed by atoms with Crippen molar-refractivity contribution >= 4 is 17.5 Å². The van der Waals surface area contributed by atoms with E-state index in [0.29, 0.717) is 40.8 Å². The molecule has 0 spiro atoms. The fourth-order valence-corrected chi connectivity index (χ4v) is 2.21. The maximum absolute atomic E-state index is 11.9. The molecule has 1 N–H and O–H groups in total. The number of nitrogens with one attached hydrogen (secondary N) is 1. The van der Waals surface area contributed by atoms with Crippen molar-refractivity contribution in [1.82, 2.24) is 20.4 Å². The number of rotatable bonds is 5. The lowest BCUT2D eigenvalue weighted by molar-refractivity contribution is 0.0953. The van der Waals surface area contributed by atoms with E-state index in [1.54, 1.807) is 24.4 Å². The summed E-state index contributed by atoms with van der Waals surface area (Å²) < 4.78 is 5.18. The molecule has 0 aliphatic carbocycles. The molecule has 0 fully saturated rings. The first-order chi connectivity index (χ1) is 11.2. The molecule has 6 nitrogen and oxygen atoms in total. The minimum absolute atomic E-state index is 0.191. The molecule has 0 aliphatic rings. The van der Waals surface area contributed by atoms with Crippen LogP contribution in [0.15, 0.2) is 53.3 Å². The first-order valence-corrected chi connectivity index (χ1v) is 7.37. The first-order valence-electron chi connectivity index (χ1n) is 7.00. The molecular formula is C16H13ClN4O2. The lowest BCUT2D eigenvalue weighted by Gasteiger charge is -2.02. The highest BCUT2D eigenvalue weighted by atomic mass is 35.5. The normalized spacial score (nSPS) is 10.5. The lowest BCUT2D eigenvalue weighted by Crippen LogP contribution is -2.25. The number of benzene rings is 1. The van der Waals surface area contributed by atoms with Gasteiger partial charge < -0.3 is 9.84 Å². The Hall–Kier alpha value is -2.73. The molecule has 1 amide bonds. The zero-order valence-electron chi connectivity index (χ0n) is 12.1. The number of hydrogen-bond donors (Lipinski definition) is 1. The molecule has 0 saturated carbocycles. The summed E-state index contributed by atoms with van der Waals surface area (Å²) in [5, 5.41) is 7.24.